The minimum Gasteiger partial charge on any atom is -0.497 e. The first-order chi connectivity index (χ1) is 14.3. The van der Waals surface area contributed by atoms with Gasteiger partial charge in [-0.25, -0.2) is 4.98 Å². The van der Waals surface area contributed by atoms with Crippen LogP contribution in [0.25, 0.3) is 11.6 Å². The van der Waals surface area contributed by atoms with Crippen LogP contribution in [-0.2, 0) is 6.42 Å². The molecule has 2 aromatic heterocycles. The van der Waals surface area contributed by atoms with Crippen LogP contribution in [0.3, 0.4) is 0 Å². The predicted octanol–water partition coefficient (Wildman–Crippen LogP) is 2.87. The number of H-pyrrole nitrogens is 1. The van der Waals surface area contributed by atoms with Crippen molar-refractivity contribution in [2.24, 2.45) is 4.99 Å². The number of guanidine groups is 1. The minimum absolute atomic E-state index is 0. The van der Waals surface area contributed by atoms with E-state index in [1.54, 1.807) is 13.4 Å². The maximum Gasteiger partial charge on any atom is 0.216 e. The van der Waals surface area contributed by atoms with Crippen molar-refractivity contribution in [3.8, 4) is 23.1 Å². The van der Waals surface area contributed by atoms with Crippen molar-refractivity contribution in [3.05, 3.63) is 48.5 Å². The van der Waals surface area contributed by atoms with E-state index in [9.17, 15) is 0 Å². The topological polar surface area (TPSA) is 110 Å². The Balaban J connectivity index is 0.00000320. The van der Waals surface area contributed by atoms with E-state index in [4.69, 9.17) is 13.9 Å². The van der Waals surface area contributed by atoms with Crippen LogP contribution in [0.15, 0.2) is 52.1 Å². The Labute approximate surface area is 192 Å². The molecular weight excluding hydrogens is 499 g/mol. The molecule has 0 fully saturated rings. The van der Waals surface area contributed by atoms with Crippen molar-refractivity contribution >= 4 is 29.9 Å². The van der Waals surface area contributed by atoms with Gasteiger partial charge in [0.15, 0.2) is 11.7 Å². The van der Waals surface area contributed by atoms with Crippen LogP contribution in [-0.4, -0.2) is 54.5 Å². The summed E-state index contributed by atoms with van der Waals surface area (Å²) < 4.78 is 16.1. The molecule has 0 spiro atoms. The SMILES string of the molecule is CCNC(=NCCc1nc(-c2ccco2)n[nH]1)NCCOc1ccc(OC)cc1.I. The summed E-state index contributed by atoms with van der Waals surface area (Å²) in [4.78, 5) is 8.98. The summed E-state index contributed by atoms with van der Waals surface area (Å²) in [6, 6.07) is 11.1. The lowest BCUT2D eigenvalue weighted by molar-refractivity contribution is 0.321. The second-order valence-corrected chi connectivity index (χ2v) is 6.04. The van der Waals surface area contributed by atoms with Crippen LogP contribution in [0.4, 0.5) is 0 Å². The summed E-state index contributed by atoms with van der Waals surface area (Å²) in [5.41, 5.74) is 0. The maximum absolute atomic E-state index is 5.71. The predicted molar refractivity (Wildman–Crippen MR) is 126 cm³/mol. The number of ether oxygens (including phenoxy) is 2. The Kier molecular flexibility index (Phi) is 9.98. The van der Waals surface area contributed by atoms with E-state index in [-0.39, 0.29) is 24.0 Å². The molecule has 10 heteroatoms. The number of nitrogens with one attached hydrogen (secondary N) is 3. The molecule has 3 N–H and O–H groups in total. The number of halogens is 1. The van der Waals surface area contributed by atoms with Crippen molar-refractivity contribution in [2.45, 2.75) is 13.3 Å². The average Bonchev–Trinajstić information content (AvgIpc) is 3.43. The number of furan rings is 1. The van der Waals surface area contributed by atoms with E-state index in [0.717, 1.165) is 29.8 Å². The smallest absolute Gasteiger partial charge is 0.216 e. The minimum atomic E-state index is 0. The van der Waals surface area contributed by atoms with Gasteiger partial charge in [0.05, 0.1) is 19.9 Å². The highest BCUT2D eigenvalue weighted by atomic mass is 127. The first-order valence-corrected chi connectivity index (χ1v) is 9.52. The average molecular weight is 526 g/mol. The first-order valence-electron chi connectivity index (χ1n) is 9.52. The van der Waals surface area contributed by atoms with E-state index < -0.39 is 0 Å². The molecule has 0 saturated carbocycles. The van der Waals surface area contributed by atoms with Gasteiger partial charge in [-0.3, -0.25) is 10.1 Å². The van der Waals surface area contributed by atoms with Crippen LogP contribution in [0.5, 0.6) is 11.5 Å². The van der Waals surface area contributed by atoms with E-state index in [0.29, 0.717) is 37.7 Å². The van der Waals surface area contributed by atoms with Crippen molar-refractivity contribution in [1.82, 2.24) is 25.8 Å². The number of rotatable bonds is 10. The van der Waals surface area contributed by atoms with E-state index >= 15 is 0 Å². The van der Waals surface area contributed by atoms with Crippen LogP contribution < -0.4 is 20.1 Å². The normalized spacial score (nSPS) is 10.9. The molecule has 2 heterocycles. The Morgan fingerprint density at radius 3 is 2.67 bits per heavy atom. The largest absolute Gasteiger partial charge is 0.497 e. The highest BCUT2D eigenvalue weighted by Gasteiger charge is 2.08. The standard InChI is InChI=1S/C20H26N6O3.HI/c1-3-21-20(23-12-14-28-16-8-6-15(27-2)7-9-16)22-11-10-18-24-19(26-25-18)17-5-4-13-29-17;/h4-9,13H,3,10-12,14H2,1-2H3,(H2,21,22,23)(H,24,25,26);1H. The Morgan fingerprint density at radius 2 is 1.97 bits per heavy atom. The zero-order valence-corrected chi connectivity index (χ0v) is 19.4. The van der Waals surface area contributed by atoms with Crippen molar-refractivity contribution < 1.29 is 13.9 Å². The molecule has 162 valence electrons. The monoisotopic (exact) mass is 526 g/mol. The number of hydrogen-bond acceptors (Lipinski definition) is 6. The Morgan fingerprint density at radius 1 is 1.17 bits per heavy atom. The Hall–Kier alpha value is -2.76. The van der Waals surface area contributed by atoms with Gasteiger partial charge >= 0.3 is 0 Å². The number of aromatic amines is 1. The van der Waals surface area contributed by atoms with Crippen LogP contribution in [0.1, 0.15) is 12.7 Å². The second-order valence-electron chi connectivity index (χ2n) is 6.04. The lowest BCUT2D eigenvalue weighted by Crippen LogP contribution is -2.39. The molecule has 0 amide bonds. The number of hydrogen-bond donors (Lipinski definition) is 3. The molecule has 3 rings (SSSR count). The summed E-state index contributed by atoms with van der Waals surface area (Å²) >= 11 is 0. The van der Waals surface area contributed by atoms with Crippen molar-refractivity contribution in [3.63, 3.8) is 0 Å². The fourth-order valence-electron chi connectivity index (χ4n) is 2.55. The molecule has 0 unspecified atom stereocenters. The molecule has 1 aromatic carbocycles. The van der Waals surface area contributed by atoms with Crippen LogP contribution in [0, 0.1) is 0 Å². The van der Waals surface area contributed by atoms with Gasteiger partial charge in [-0.15, -0.1) is 24.0 Å². The number of methoxy groups -OCH3 is 1. The van der Waals surface area contributed by atoms with Crippen molar-refractivity contribution in [2.75, 3.05) is 33.4 Å². The second kappa shape index (κ2) is 12.7. The summed E-state index contributed by atoms with van der Waals surface area (Å²) in [6.45, 7) is 4.52. The number of aliphatic imine (C=N–C) groups is 1. The molecule has 0 aliphatic heterocycles. The van der Waals surface area contributed by atoms with Crippen LogP contribution in [0.2, 0.25) is 0 Å². The lowest BCUT2D eigenvalue weighted by Gasteiger charge is -2.12. The fourth-order valence-corrected chi connectivity index (χ4v) is 2.55. The third-order valence-corrected chi connectivity index (χ3v) is 3.96. The molecule has 0 radical (unpaired) electrons. The number of aromatic nitrogens is 3. The number of nitrogens with zero attached hydrogens (tertiary/aromatic N) is 3. The maximum atomic E-state index is 5.71. The highest BCUT2D eigenvalue weighted by molar-refractivity contribution is 14.0. The third-order valence-electron chi connectivity index (χ3n) is 3.96. The van der Waals surface area contributed by atoms with Crippen LogP contribution >= 0.6 is 24.0 Å². The van der Waals surface area contributed by atoms with E-state index in [2.05, 4.69) is 30.8 Å². The third kappa shape index (κ3) is 7.25. The van der Waals surface area contributed by atoms with Gasteiger partial charge < -0.3 is 24.5 Å². The first kappa shape index (κ1) is 23.5. The molecule has 9 nitrogen and oxygen atoms in total. The van der Waals surface area contributed by atoms with E-state index in [1.807, 2.05) is 43.3 Å². The fraction of sp³-hybridized carbons (Fsp3) is 0.350. The van der Waals surface area contributed by atoms with Gasteiger partial charge in [0.2, 0.25) is 5.82 Å². The summed E-state index contributed by atoms with van der Waals surface area (Å²) in [5.74, 6) is 4.29. The molecule has 0 aliphatic carbocycles. The molecule has 0 bridgehead atoms. The van der Waals surface area contributed by atoms with E-state index in [1.165, 1.54) is 0 Å². The molecule has 0 atom stereocenters. The van der Waals surface area contributed by atoms with Gasteiger partial charge in [0, 0.05) is 19.5 Å². The molecule has 0 saturated heterocycles. The zero-order valence-electron chi connectivity index (χ0n) is 17.1. The molecule has 30 heavy (non-hydrogen) atoms. The lowest BCUT2D eigenvalue weighted by atomic mass is 10.3. The van der Waals surface area contributed by atoms with Gasteiger partial charge in [-0.05, 0) is 43.3 Å². The molecular formula is C20H27IN6O3. The quantitative estimate of drug-likeness (QED) is 0.161. The summed E-state index contributed by atoms with van der Waals surface area (Å²) in [5, 5.41) is 13.5. The van der Waals surface area contributed by atoms with Gasteiger partial charge in [0.1, 0.15) is 23.9 Å². The zero-order chi connectivity index (χ0) is 20.3. The summed E-state index contributed by atoms with van der Waals surface area (Å²) in [7, 11) is 1.64. The number of benzene rings is 1. The highest BCUT2D eigenvalue weighted by Crippen LogP contribution is 2.16. The Bertz CT molecular complexity index is 880. The van der Waals surface area contributed by atoms with Gasteiger partial charge in [0.25, 0.3) is 0 Å². The molecule has 0 aliphatic rings. The molecule has 3 aromatic rings. The van der Waals surface area contributed by atoms with Gasteiger partial charge in [-0.2, -0.15) is 5.10 Å². The van der Waals surface area contributed by atoms with Crippen molar-refractivity contribution in [1.29, 1.82) is 0 Å². The van der Waals surface area contributed by atoms with Gasteiger partial charge in [-0.1, -0.05) is 0 Å². The summed E-state index contributed by atoms with van der Waals surface area (Å²) in [6.07, 6.45) is 2.25.